The zero-order valence-corrected chi connectivity index (χ0v) is 6.94. The number of para-hydroxylation sites is 1. The summed E-state index contributed by atoms with van der Waals surface area (Å²) in [6.07, 6.45) is 3.44. The van der Waals surface area contributed by atoms with Crippen LogP contribution < -0.4 is 5.43 Å². The van der Waals surface area contributed by atoms with E-state index in [1.54, 1.807) is 6.20 Å². The minimum absolute atomic E-state index is 0.936. The quantitative estimate of drug-likeness (QED) is 0.537. The van der Waals surface area contributed by atoms with E-state index in [0.717, 1.165) is 5.69 Å². The molecule has 1 N–H and O–H groups in total. The molecule has 0 saturated carbocycles. The standard InChI is InChI=1S/C9H11N3/c1-2-8-10-12-11-9-6-4-3-5-7-9/h2-8H,1H3,(H,10,11). The lowest BCUT2D eigenvalue weighted by atomic mass is 10.3. The normalized spacial score (nSPS) is 11.1. The largest absolute Gasteiger partial charge is 0.260 e. The molecule has 0 heterocycles. The molecule has 0 unspecified atom stereocenters. The van der Waals surface area contributed by atoms with E-state index in [1.165, 1.54) is 0 Å². The van der Waals surface area contributed by atoms with Crippen molar-refractivity contribution < 1.29 is 0 Å². The minimum atomic E-state index is 0.936. The van der Waals surface area contributed by atoms with E-state index in [-0.39, 0.29) is 0 Å². The average Bonchev–Trinajstić information content (AvgIpc) is 2.14. The molecule has 62 valence electrons. The van der Waals surface area contributed by atoms with Gasteiger partial charge in [-0.2, -0.15) is 0 Å². The maximum absolute atomic E-state index is 3.72. The fraction of sp³-hybridized carbons (Fsp3) is 0.111. The Bertz CT molecular complexity index is 264. The topological polar surface area (TPSA) is 36.8 Å². The van der Waals surface area contributed by atoms with Gasteiger partial charge in [-0.3, -0.25) is 5.43 Å². The molecular formula is C9H11N3. The van der Waals surface area contributed by atoms with Crippen molar-refractivity contribution in [2.45, 2.75) is 6.92 Å². The Kier molecular flexibility index (Phi) is 3.57. The van der Waals surface area contributed by atoms with E-state index in [4.69, 9.17) is 0 Å². The summed E-state index contributed by atoms with van der Waals surface area (Å²) in [5.41, 5.74) is 3.72. The van der Waals surface area contributed by atoms with Crippen molar-refractivity contribution in [3.8, 4) is 0 Å². The SMILES string of the molecule is CC=CN=NNc1ccccc1. The van der Waals surface area contributed by atoms with Crippen LogP contribution in [0.15, 0.2) is 52.9 Å². The van der Waals surface area contributed by atoms with Crippen LogP contribution in [0.4, 0.5) is 5.69 Å². The molecule has 0 aliphatic heterocycles. The number of allylic oxidation sites excluding steroid dienone is 1. The molecule has 0 aromatic heterocycles. The molecule has 1 rings (SSSR count). The van der Waals surface area contributed by atoms with E-state index >= 15 is 0 Å². The third-order valence-corrected chi connectivity index (χ3v) is 1.23. The fourth-order valence-electron chi connectivity index (χ4n) is 0.699. The van der Waals surface area contributed by atoms with Crippen LogP contribution >= 0.6 is 0 Å². The number of hydrogen-bond donors (Lipinski definition) is 1. The number of nitrogens with zero attached hydrogens (tertiary/aromatic N) is 2. The second kappa shape index (κ2) is 5.07. The van der Waals surface area contributed by atoms with Gasteiger partial charge in [-0.1, -0.05) is 29.5 Å². The minimum Gasteiger partial charge on any atom is -0.260 e. The van der Waals surface area contributed by atoms with Gasteiger partial charge >= 0.3 is 0 Å². The highest BCUT2D eigenvalue weighted by atomic mass is 15.4. The lowest BCUT2D eigenvalue weighted by Gasteiger charge is -1.94. The summed E-state index contributed by atoms with van der Waals surface area (Å²) in [5.74, 6) is 0. The molecule has 0 fully saturated rings. The number of anilines is 1. The van der Waals surface area contributed by atoms with Crippen molar-refractivity contribution in [3.05, 3.63) is 42.6 Å². The van der Waals surface area contributed by atoms with Gasteiger partial charge in [0.1, 0.15) is 0 Å². The van der Waals surface area contributed by atoms with Crippen molar-refractivity contribution in [2.24, 2.45) is 10.3 Å². The summed E-state index contributed by atoms with van der Waals surface area (Å²) >= 11 is 0. The highest BCUT2D eigenvalue weighted by Gasteiger charge is 1.82. The Hall–Kier alpha value is -1.64. The van der Waals surface area contributed by atoms with Gasteiger partial charge in [0.15, 0.2) is 0 Å². The van der Waals surface area contributed by atoms with Crippen LogP contribution in [0.1, 0.15) is 6.92 Å². The zero-order chi connectivity index (χ0) is 8.65. The maximum atomic E-state index is 3.72. The van der Waals surface area contributed by atoms with E-state index in [1.807, 2.05) is 43.3 Å². The molecule has 0 atom stereocenters. The monoisotopic (exact) mass is 161 g/mol. The number of hydrogen-bond acceptors (Lipinski definition) is 2. The van der Waals surface area contributed by atoms with Crippen LogP contribution in [0.25, 0.3) is 0 Å². The molecule has 0 spiro atoms. The zero-order valence-electron chi connectivity index (χ0n) is 6.94. The van der Waals surface area contributed by atoms with Gasteiger partial charge in [-0.05, 0) is 19.1 Å². The van der Waals surface area contributed by atoms with Gasteiger partial charge < -0.3 is 0 Å². The van der Waals surface area contributed by atoms with Gasteiger partial charge in [-0.15, -0.1) is 5.11 Å². The molecule has 1 aromatic rings. The van der Waals surface area contributed by atoms with Crippen molar-refractivity contribution in [3.63, 3.8) is 0 Å². The van der Waals surface area contributed by atoms with Crippen molar-refractivity contribution in [1.82, 2.24) is 0 Å². The number of benzene rings is 1. The second-order valence-electron chi connectivity index (χ2n) is 2.18. The lowest BCUT2D eigenvalue weighted by Crippen LogP contribution is -1.83. The van der Waals surface area contributed by atoms with E-state index in [9.17, 15) is 0 Å². The molecule has 1 aromatic carbocycles. The third kappa shape index (κ3) is 2.96. The fourth-order valence-corrected chi connectivity index (χ4v) is 0.699. The molecule has 3 nitrogen and oxygen atoms in total. The summed E-state index contributed by atoms with van der Waals surface area (Å²) in [5, 5.41) is 7.44. The van der Waals surface area contributed by atoms with Crippen molar-refractivity contribution in [2.75, 3.05) is 5.43 Å². The molecule has 0 amide bonds. The average molecular weight is 161 g/mol. The maximum Gasteiger partial charge on any atom is 0.0578 e. The van der Waals surface area contributed by atoms with Gasteiger partial charge in [0.2, 0.25) is 0 Å². The molecule has 0 radical (unpaired) electrons. The smallest absolute Gasteiger partial charge is 0.0578 e. The first-order valence-corrected chi connectivity index (χ1v) is 3.75. The van der Waals surface area contributed by atoms with Crippen molar-refractivity contribution >= 4 is 5.69 Å². The van der Waals surface area contributed by atoms with Gasteiger partial charge in [0, 0.05) is 6.20 Å². The summed E-state index contributed by atoms with van der Waals surface area (Å²) in [6, 6.07) is 9.68. The van der Waals surface area contributed by atoms with Crippen molar-refractivity contribution in [1.29, 1.82) is 0 Å². The Morgan fingerprint density at radius 2 is 2.00 bits per heavy atom. The molecule has 0 saturated heterocycles. The molecule has 0 bridgehead atoms. The summed E-state index contributed by atoms with van der Waals surface area (Å²) in [6.45, 7) is 1.89. The molecule has 3 heteroatoms. The van der Waals surface area contributed by atoms with Crippen LogP contribution in [0, 0.1) is 0 Å². The van der Waals surface area contributed by atoms with E-state index < -0.39 is 0 Å². The molecule has 0 aliphatic rings. The van der Waals surface area contributed by atoms with E-state index in [2.05, 4.69) is 15.8 Å². The van der Waals surface area contributed by atoms with Crippen LogP contribution in [-0.2, 0) is 0 Å². The highest BCUT2D eigenvalue weighted by Crippen LogP contribution is 2.04. The lowest BCUT2D eigenvalue weighted by molar-refractivity contribution is 1.12. The van der Waals surface area contributed by atoms with Crippen LogP contribution in [0.3, 0.4) is 0 Å². The molecular weight excluding hydrogens is 150 g/mol. The third-order valence-electron chi connectivity index (χ3n) is 1.23. The summed E-state index contributed by atoms with van der Waals surface area (Å²) < 4.78 is 0. The number of nitrogens with one attached hydrogen (secondary N) is 1. The Morgan fingerprint density at radius 1 is 1.25 bits per heavy atom. The first kappa shape index (κ1) is 8.46. The Labute approximate surface area is 71.8 Å². The highest BCUT2D eigenvalue weighted by molar-refractivity contribution is 5.41. The first-order valence-electron chi connectivity index (χ1n) is 3.75. The Balaban J connectivity index is 2.43. The van der Waals surface area contributed by atoms with Gasteiger partial charge in [-0.25, -0.2) is 0 Å². The second-order valence-corrected chi connectivity index (χ2v) is 2.18. The Morgan fingerprint density at radius 3 is 2.67 bits per heavy atom. The van der Waals surface area contributed by atoms with Crippen LogP contribution in [0.2, 0.25) is 0 Å². The molecule has 12 heavy (non-hydrogen) atoms. The summed E-state index contributed by atoms with van der Waals surface area (Å²) in [4.78, 5) is 0. The summed E-state index contributed by atoms with van der Waals surface area (Å²) in [7, 11) is 0. The van der Waals surface area contributed by atoms with Crippen LogP contribution in [-0.4, -0.2) is 0 Å². The van der Waals surface area contributed by atoms with Crippen LogP contribution in [0.5, 0.6) is 0 Å². The predicted octanol–water partition coefficient (Wildman–Crippen LogP) is 3.00. The van der Waals surface area contributed by atoms with Gasteiger partial charge in [0.05, 0.1) is 5.69 Å². The van der Waals surface area contributed by atoms with Gasteiger partial charge in [0.25, 0.3) is 0 Å². The first-order chi connectivity index (χ1) is 5.93. The van der Waals surface area contributed by atoms with E-state index in [0.29, 0.717) is 0 Å². The number of rotatable bonds is 3. The predicted molar refractivity (Wildman–Crippen MR) is 49.7 cm³/mol. The molecule has 0 aliphatic carbocycles.